The third-order valence-corrected chi connectivity index (χ3v) is 6.25. The second-order valence-corrected chi connectivity index (χ2v) is 9.17. The van der Waals surface area contributed by atoms with Crippen LogP contribution >= 0.6 is 12.2 Å². The van der Waals surface area contributed by atoms with Crippen molar-refractivity contribution in [3.63, 3.8) is 0 Å². The Morgan fingerprint density at radius 2 is 1.97 bits per heavy atom. The van der Waals surface area contributed by atoms with E-state index in [1.165, 1.54) is 23.3 Å². The Kier molecular flexibility index (Phi) is 7.30. The minimum atomic E-state index is -0.00791. The molecule has 1 aliphatic carbocycles. The molecule has 1 heterocycles. The van der Waals surface area contributed by atoms with Crippen LogP contribution in [0.25, 0.3) is 10.9 Å². The average molecular weight is 416 g/mol. The highest BCUT2D eigenvalue weighted by Crippen LogP contribution is 2.25. The van der Waals surface area contributed by atoms with Gasteiger partial charge in [0.15, 0.2) is 5.11 Å². The van der Waals surface area contributed by atoms with Crippen LogP contribution in [0.15, 0.2) is 23.0 Å². The Balaban J connectivity index is 1.81. The van der Waals surface area contributed by atoms with Crippen molar-refractivity contribution in [2.45, 2.75) is 58.5 Å². The van der Waals surface area contributed by atoms with Crippen LogP contribution in [0.4, 0.5) is 0 Å². The minimum Gasteiger partial charge on any atom is -0.362 e. The first-order valence-corrected chi connectivity index (χ1v) is 11.2. The SMILES string of the molecule is Cc1cc(C)c2[nH]c(=O)c(CN(C(=S)NCCC[NH+](C)C)C3CCCC3)cc2c1. The standard InChI is InChI=1S/C23H34N4OS/c1-16-12-17(2)21-18(13-16)14-19(22(28)25-21)15-27(20-8-5-6-9-20)23(29)24-10-7-11-26(3)4/h12-14,20H,5-11,15H2,1-4H3,(H,24,29)(H,25,28)/p+1. The number of aromatic nitrogens is 1. The molecule has 29 heavy (non-hydrogen) atoms. The number of fused-ring (bicyclic) bond motifs is 1. The molecule has 6 heteroatoms. The van der Waals surface area contributed by atoms with Gasteiger partial charge in [-0.3, -0.25) is 4.79 Å². The number of hydrogen-bond acceptors (Lipinski definition) is 2. The van der Waals surface area contributed by atoms with Crippen LogP contribution in [0.3, 0.4) is 0 Å². The van der Waals surface area contributed by atoms with Crippen molar-refractivity contribution < 1.29 is 4.90 Å². The van der Waals surface area contributed by atoms with E-state index in [-0.39, 0.29) is 5.56 Å². The molecule has 0 unspecified atom stereocenters. The van der Waals surface area contributed by atoms with E-state index in [9.17, 15) is 4.79 Å². The number of quaternary nitrogens is 1. The molecule has 0 amide bonds. The van der Waals surface area contributed by atoms with Gasteiger partial charge < -0.3 is 20.1 Å². The van der Waals surface area contributed by atoms with Crippen molar-refractivity contribution in [2.75, 3.05) is 27.2 Å². The van der Waals surface area contributed by atoms with Gasteiger partial charge in [-0.15, -0.1) is 0 Å². The Morgan fingerprint density at radius 3 is 2.66 bits per heavy atom. The zero-order chi connectivity index (χ0) is 21.0. The molecule has 5 nitrogen and oxygen atoms in total. The second kappa shape index (κ2) is 9.72. The first-order valence-electron chi connectivity index (χ1n) is 10.8. The molecular formula is C23H35N4OS+. The van der Waals surface area contributed by atoms with Gasteiger partial charge in [-0.1, -0.05) is 24.5 Å². The molecule has 3 rings (SSSR count). The van der Waals surface area contributed by atoms with Crippen molar-refractivity contribution in [3.05, 3.63) is 45.2 Å². The Bertz CT molecular complexity index is 915. The first kappa shape index (κ1) is 21.8. The molecule has 1 fully saturated rings. The number of hydrogen-bond donors (Lipinski definition) is 3. The molecule has 0 aliphatic heterocycles. The summed E-state index contributed by atoms with van der Waals surface area (Å²) in [5.74, 6) is 0. The van der Waals surface area contributed by atoms with E-state index in [2.05, 4.69) is 48.4 Å². The number of pyridine rings is 1. The summed E-state index contributed by atoms with van der Waals surface area (Å²) in [6.07, 6.45) is 5.84. The van der Waals surface area contributed by atoms with Gasteiger partial charge in [-0.25, -0.2) is 0 Å². The highest BCUT2D eigenvalue weighted by Gasteiger charge is 2.25. The number of benzene rings is 1. The van der Waals surface area contributed by atoms with Crippen molar-refractivity contribution >= 4 is 28.2 Å². The van der Waals surface area contributed by atoms with Crippen LogP contribution < -0.4 is 15.8 Å². The molecule has 0 bridgehead atoms. The van der Waals surface area contributed by atoms with Crippen molar-refractivity contribution in [1.29, 1.82) is 0 Å². The minimum absolute atomic E-state index is 0.00791. The van der Waals surface area contributed by atoms with Crippen molar-refractivity contribution in [3.8, 4) is 0 Å². The fourth-order valence-corrected chi connectivity index (χ4v) is 4.67. The normalized spacial score (nSPS) is 14.7. The van der Waals surface area contributed by atoms with E-state index in [1.54, 1.807) is 0 Å². The van der Waals surface area contributed by atoms with E-state index >= 15 is 0 Å². The van der Waals surface area contributed by atoms with E-state index in [0.717, 1.165) is 59.5 Å². The molecule has 1 aromatic carbocycles. The fourth-order valence-electron chi connectivity index (χ4n) is 4.35. The molecule has 0 saturated heterocycles. The van der Waals surface area contributed by atoms with E-state index in [0.29, 0.717) is 12.6 Å². The fraction of sp³-hybridized carbons (Fsp3) is 0.565. The van der Waals surface area contributed by atoms with E-state index < -0.39 is 0 Å². The molecule has 3 N–H and O–H groups in total. The van der Waals surface area contributed by atoms with E-state index in [4.69, 9.17) is 12.2 Å². The summed E-state index contributed by atoms with van der Waals surface area (Å²) >= 11 is 5.77. The van der Waals surface area contributed by atoms with Gasteiger partial charge in [0.05, 0.1) is 32.7 Å². The van der Waals surface area contributed by atoms with Crippen molar-refractivity contribution in [1.82, 2.24) is 15.2 Å². The van der Waals surface area contributed by atoms with Crippen LogP contribution in [-0.2, 0) is 6.54 Å². The van der Waals surface area contributed by atoms with E-state index in [1.807, 2.05) is 13.0 Å². The molecule has 1 aliphatic rings. The summed E-state index contributed by atoms with van der Waals surface area (Å²) in [4.78, 5) is 19.6. The second-order valence-electron chi connectivity index (χ2n) is 8.78. The molecule has 0 atom stereocenters. The third-order valence-electron chi connectivity index (χ3n) is 5.87. The zero-order valence-corrected chi connectivity index (χ0v) is 19.0. The predicted molar refractivity (Wildman–Crippen MR) is 125 cm³/mol. The molecule has 0 radical (unpaired) electrons. The van der Waals surface area contributed by atoms with Gasteiger partial charge in [0, 0.05) is 24.6 Å². The van der Waals surface area contributed by atoms with Crippen LogP contribution in [0.2, 0.25) is 0 Å². The number of aromatic amines is 1. The lowest BCUT2D eigenvalue weighted by Crippen LogP contribution is -3.05. The van der Waals surface area contributed by atoms with Gasteiger partial charge in [0.25, 0.3) is 5.56 Å². The maximum Gasteiger partial charge on any atom is 0.253 e. The van der Waals surface area contributed by atoms with Crippen molar-refractivity contribution in [2.24, 2.45) is 0 Å². The summed E-state index contributed by atoms with van der Waals surface area (Å²) < 4.78 is 0. The lowest BCUT2D eigenvalue weighted by atomic mass is 10.0. The lowest BCUT2D eigenvalue weighted by molar-refractivity contribution is -0.858. The number of nitrogens with zero attached hydrogens (tertiary/aromatic N) is 1. The molecule has 0 spiro atoms. The Hall–Kier alpha value is -1.92. The first-order chi connectivity index (χ1) is 13.8. The highest BCUT2D eigenvalue weighted by atomic mass is 32.1. The molecule has 1 saturated carbocycles. The van der Waals surface area contributed by atoms with Gasteiger partial charge >= 0.3 is 0 Å². The average Bonchev–Trinajstić information content (AvgIpc) is 3.18. The predicted octanol–water partition coefficient (Wildman–Crippen LogP) is 2.30. The largest absolute Gasteiger partial charge is 0.362 e. The molecule has 2 aromatic rings. The summed E-state index contributed by atoms with van der Waals surface area (Å²) in [5.41, 5.74) is 4.03. The number of rotatable bonds is 7. The van der Waals surface area contributed by atoms with Gasteiger partial charge in [0.2, 0.25) is 0 Å². The Labute approximate surface area is 179 Å². The summed E-state index contributed by atoms with van der Waals surface area (Å²) in [7, 11) is 4.33. The molecule has 158 valence electrons. The smallest absolute Gasteiger partial charge is 0.253 e. The quantitative estimate of drug-likeness (QED) is 0.480. The number of aryl methyl sites for hydroxylation is 2. The molecular weight excluding hydrogens is 380 g/mol. The lowest BCUT2D eigenvalue weighted by Gasteiger charge is -2.31. The number of H-pyrrole nitrogens is 1. The van der Waals surface area contributed by atoms with Crippen LogP contribution in [0.1, 0.15) is 48.8 Å². The van der Waals surface area contributed by atoms with Crippen LogP contribution in [-0.4, -0.2) is 48.2 Å². The number of nitrogens with one attached hydrogen (secondary N) is 3. The zero-order valence-electron chi connectivity index (χ0n) is 18.2. The highest BCUT2D eigenvalue weighted by molar-refractivity contribution is 7.80. The third kappa shape index (κ3) is 5.58. The summed E-state index contributed by atoms with van der Waals surface area (Å²) in [6.45, 7) is 6.69. The maximum atomic E-state index is 12.8. The molecule has 1 aromatic heterocycles. The summed E-state index contributed by atoms with van der Waals surface area (Å²) in [5, 5.41) is 5.32. The van der Waals surface area contributed by atoms with Crippen LogP contribution in [0.5, 0.6) is 0 Å². The number of thiocarbonyl (C=S) groups is 1. The van der Waals surface area contributed by atoms with Gasteiger partial charge in [-0.05, 0) is 62.0 Å². The Morgan fingerprint density at radius 1 is 1.24 bits per heavy atom. The summed E-state index contributed by atoms with van der Waals surface area (Å²) in [6, 6.07) is 6.72. The van der Waals surface area contributed by atoms with Crippen LogP contribution in [0, 0.1) is 13.8 Å². The van der Waals surface area contributed by atoms with Gasteiger partial charge in [0.1, 0.15) is 0 Å². The monoisotopic (exact) mass is 415 g/mol. The maximum absolute atomic E-state index is 12.8. The van der Waals surface area contributed by atoms with Gasteiger partial charge in [-0.2, -0.15) is 0 Å². The topological polar surface area (TPSA) is 52.6 Å².